The highest BCUT2D eigenvalue weighted by Gasteiger charge is 2.22. The summed E-state index contributed by atoms with van der Waals surface area (Å²) in [5.41, 5.74) is 5.31. The summed E-state index contributed by atoms with van der Waals surface area (Å²) in [6.45, 7) is 2.19. The van der Waals surface area contributed by atoms with Crippen LogP contribution < -0.4 is 5.73 Å². The van der Waals surface area contributed by atoms with E-state index >= 15 is 0 Å². The number of rotatable bonds is 10. The molecule has 0 amide bonds. The van der Waals surface area contributed by atoms with Crippen LogP contribution >= 0.6 is 0 Å². The van der Waals surface area contributed by atoms with Gasteiger partial charge in [0.2, 0.25) is 0 Å². The van der Waals surface area contributed by atoms with Crippen molar-refractivity contribution >= 4 is 11.9 Å². The van der Waals surface area contributed by atoms with Gasteiger partial charge in [-0.15, -0.1) is 0 Å². The van der Waals surface area contributed by atoms with E-state index in [1.54, 1.807) is 7.05 Å². The average Bonchev–Trinajstić information content (AvgIpc) is 2.31. The van der Waals surface area contributed by atoms with Gasteiger partial charge in [0.25, 0.3) is 0 Å². The Labute approximate surface area is 110 Å². The quantitative estimate of drug-likeness (QED) is 0.318. The number of carboxylic acid groups (broad SMARTS) is 1. The van der Waals surface area contributed by atoms with Crippen molar-refractivity contribution in [1.82, 2.24) is 4.90 Å². The van der Waals surface area contributed by atoms with Gasteiger partial charge in [-0.3, -0.25) is 5.41 Å². The molecule has 0 spiro atoms. The molecule has 0 aliphatic rings. The van der Waals surface area contributed by atoms with Crippen LogP contribution in [0.15, 0.2) is 0 Å². The van der Waals surface area contributed by atoms with Gasteiger partial charge in [-0.1, -0.05) is 51.9 Å². The zero-order valence-electron chi connectivity index (χ0n) is 11.6. The van der Waals surface area contributed by atoms with Crippen molar-refractivity contribution in [3.8, 4) is 0 Å². The summed E-state index contributed by atoms with van der Waals surface area (Å²) in [7, 11) is 1.56. The van der Waals surface area contributed by atoms with Crippen LogP contribution in [-0.4, -0.2) is 35.0 Å². The number of carboxylic acids is 1. The SMILES string of the molecule is CCCCCCCCCC(C(=O)O)N(C)C(=N)N. The number of aliphatic carboxylic acids is 1. The fourth-order valence-corrected chi connectivity index (χ4v) is 1.95. The normalized spacial score (nSPS) is 12.1. The fraction of sp³-hybridized carbons (Fsp3) is 0.846. The number of nitrogens with zero attached hydrogens (tertiary/aromatic N) is 1. The highest BCUT2D eigenvalue weighted by molar-refractivity contribution is 5.82. The molecule has 0 aliphatic carbocycles. The van der Waals surface area contributed by atoms with Crippen LogP contribution in [0.2, 0.25) is 0 Å². The van der Waals surface area contributed by atoms with Crippen LogP contribution in [-0.2, 0) is 4.79 Å². The van der Waals surface area contributed by atoms with E-state index in [0.29, 0.717) is 6.42 Å². The third-order valence-electron chi connectivity index (χ3n) is 3.21. The van der Waals surface area contributed by atoms with Crippen LogP contribution in [0, 0.1) is 5.41 Å². The van der Waals surface area contributed by atoms with E-state index in [1.165, 1.54) is 30.6 Å². The van der Waals surface area contributed by atoms with Gasteiger partial charge in [0.1, 0.15) is 6.04 Å². The Morgan fingerprint density at radius 2 is 1.72 bits per heavy atom. The number of hydrogen-bond acceptors (Lipinski definition) is 2. The molecule has 0 aromatic heterocycles. The number of nitrogens with one attached hydrogen (secondary N) is 1. The van der Waals surface area contributed by atoms with E-state index in [-0.39, 0.29) is 5.96 Å². The molecule has 4 N–H and O–H groups in total. The van der Waals surface area contributed by atoms with Crippen molar-refractivity contribution in [3.63, 3.8) is 0 Å². The third kappa shape index (κ3) is 7.14. The van der Waals surface area contributed by atoms with Crippen LogP contribution in [0.4, 0.5) is 0 Å². The molecule has 106 valence electrons. The maximum absolute atomic E-state index is 11.1. The van der Waals surface area contributed by atoms with Crippen LogP contribution in [0.25, 0.3) is 0 Å². The van der Waals surface area contributed by atoms with Gasteiger partial charge in [-0.25, -0.2) is 4.79 Å². The second-order valence-corrected chi connectivity index (χ2v) is 4.76. The average molecular weight is 257 g/mol. The van der Waals surface area contributed by atoms with E-state index in [0.717, 1.165) is 19.3 Å². The molecule has 0 bridgehead atoms. The molecule has 0 rings (SSSR count). The number of likely N-dealkylation sites (N-methyl/N-ethyl adjacent to an activating group) is 1. The van der Waals surface area contributed by atoms with E-state index in [4.69, 9.17) is 16.2 Å². The van der Waals surface area contributed by atoms with Gasteiger partial charge in [0, 0.05) is 7.05 Å². The molecular weight excluding hydrogens is 230 g/mol. The second-order valence-electron chi connectivity index (χ2n) is 4.76. The Morgan fingerprint density at radius 3 is 2.17 bits per heavy atom. The van der Waals surface area contributed by atoms with Crippen molar-refractivity contribution in [2.24, 2.45) is 5.73 Å². The first-order valence-electron chi connectivity index (χ1n) is 6.80. The third-order valence-corrected chi connectivity index (χ3v) is 3.21. The lowest BCUT2D eigenvalue weighted by molar-refractivity contribution is -0.141. The predicted octanol–water partition coefficient (Wildman–Crippen LogP) is 2.41. The van der Waals surface area contributed by atoms with Crippen molar-refractivity contribution in [1.29, 1.82) is 5.41 Å². The molecular formula is C13H27N3O2. The summed E-state index contributed by atoms with van der Waals surface area (Å²) in [5, 5.41) is 16.3. The molecule has 0 aromatic rings. The van der Waals surface area contributed by atoms with E-state index in [9.17, 15) is 4.79 Å². The topological polar surface area (TPSA) is 90.4 Å². The molecule has 0 heterocycles. The maximum Gasteiger partial charge on any atom is 0.326 e. The van der Waals surface area contributed by atoms with Crippen molar-refractivity contribution < 1.29 is 9.90 Å². The van der Waals surface area contributed by atoms with E-state index < -0.39 is 12.0 Å². The molecule has 0 radical (unpaired) electrons. The Morgan fingerprint density at radius 1 is 1.22 bits per heavy atom. The van der Waals surface area contributed by atoms with Crippen molar-refractivity contribution in [2.75, 3.05) is 7.05 Å². The first kappa shape index (κ1) is 16.7. The number of guanidine groups is 1. The summed E-state index contributed by atoms with van der Waals surface area (Å²) in [6.07, 6.45) is 8.67. The summed E-state index contributed by atoms with van der Waals surface area (Å²) >= 11 is 0. The van der Waals surface area contributed by atoms with Gasteiger partial charge in [-0.2, -0.15) is 0 Å². The summed E-state index contributed by atoms with van der Waals surface area (Å²) < 4.78 is 0. The Kier molecular flexibility index (Phi) is 9.06. The number of hydrogen-bond donors (Lipinski definition) is 3. The Bertz CT molecular complexity index is 257. The molecule has 0 saturated heterocycles. The summed E-state index contributed by atoms with van der Waals surface area (Å²) in [4.78, 5) is 12.4. The lowest BCUT2D eigenvalue weighted by Crippen LogP contribution is -2.45. The zero-order chi connectivity index (χ0) is 14.0. The zero-order valence-corrected chi connectivity index (χ0v) is 11.6. The van der Waals surface area contributed by atoms with Gasteiger partial charge < -0.3 is 15.7 Å². The molecule has 1 unspecified atom stereocenters. The lowest BCUT2D eigenvalue weighted by Gasteiger charge is -2.24. The van der Waals surface area contributed by atoms with E-state index in [1.807, 2.05) is 0 Å². The molecule has 0 aromatic carbocycles. The predicted molar refractivity (Wildman–Crippen MR) is 73.7 cm³/mol. The molecule has 0 fully saturated rings. The van der Waals surface area contributed by atoms with Crippen molar-refractivity contribution in [2.45, 2.75) is 64.3 Å². The minimum atomic E-state index is -0.904. The molecule has 1 atom stereocenters. The molecule has 18 heavy (non-hydrogen) atoms. The number of nitrogens with two attached hydrogens (primary N) is 1. The summed E-state index contributed by atoms with van der Waals surface area (Å²) in [6, 6.07) is -0.668. The maximum atomic E-state index is 11.1. The van der Waals surface area contributed by atoms with Crippen LogP contribution in [0.3, 0.4) is 0 Å². The highest BCUT2D eigenvalue weighted by Crippen LogP contribution is 2.12. The lowest BCUT2D eigenvalue weighted by atomic mass is 10.0. The Balaban J connectivity index is 3.78. The van der Waals surface area contributed by atoms with Crippen LogP contribution in [0.5, 0.6) is 0 Å². The standard InChI is InChI=1S/C13H27N3O2/c1-3-4-5-6-7-8-9-10-11(12(17)18)16(2)13(14)15/h11H,3-10H2,1-2H3,(H3,14,15)(H,17,18). The van der Waals surface area contributed by atoms with Gasteiger partial charge in [-0.05, 0) is 6.42 Å². The summed E-state index contributed by atoms with van der Waals surface area (Å²) in [5.74, 6) is -1.09. The molecule has 5 nitrogen and oxygen atoms in total. The van der Waals surface area contributed by atoms with Gasteiger partial charge in [0.15, 0.2) is 5.96 Å². The van der Waals surface area contributed by atoms with Gasteiger partial charge >= 0.3 is 5.97 Å². The first-order valence-corrected chi connectivity index (χ1v) is 6.80. The minimum Gasteiger partial charge on any atom is -0.480 e. The largest absolute Gasteiger partial charge is 0.480 e. The van der Waals surface area contributed by atoms with Crippen molar-refractivity contribution in [3.05, 3.63) is 0 Å². The minimum absolute atomic E-state index is 0.189. The molecule has 0 saturated carbocycles. The first-order chi connectivity index (χ1) is 8.50. The molecule has 0 aliphatic heterocycles. The van der Waals surface area contributed by atoms with Gasteiger partial charge in [0.05, 0.1) is 0 Å². The second kappa shape index (κ2) is 9.74. The smallest absolute Gasteiger partial charge is 0.326 e. The monoisotopic (exact) mass is 257 g/mol. The molecule has 5 heteroatoms. The Hall–Kier alpha value is -1.26. The van der Waals surface area contributed by atoms with E-state index in [2.05, 4.69) is 6.92 Å². The van der Waals surface area contributed by atoms with Crippen LogP contribution in [0.1, 0.15) is 58.3 Å². The number of carbonyl (C=O) groups is 1. The highest BCUT2D eigenvalue weighted by atomic mass is 16.4. The number of unbranched alkanes of at least 4 members (excludes halogenated alkanes) is 6. The fourth-order valence-electron chi connectivity index (χ4n) is 1.95.